The van der Waals surface area contributed by atoms with Gasteiger partial charge in [0, 0.05) is 0 Å². The van der Waals surface area contributed by atoms with Crippen molar-refractivity contribution in [3.05, 3.63) is 86.3 Å². The minimum Gasteiger partial charge on any atom is -0.490 e. The zero-order chi connectivity index (χ0) is 27.9. The van der Waals surface area contributed by atoms with Gasteiger partial charge in [0.1, 0.15) is 6.61 Å². The third-order valence-corrected chi connectivity index (χ3v) is 5.84. The number of carbonyl (C=O) groups is 2. The summed E-state index contributed by atoms with van der Waals surface area (Å²) in [5, 5.41) is 5.62. The summed E-state index contributed by atoms with van der Waals surface area (Å²) in [5.41, 5.74) is 3.22. The molecule has 3 aromatic rings. The summed E-state index contributed by atoms with van der Waals surface area (Å²) in [6.07, 6.45) is -3.38. The first-order valence-corrected chi connectivity index (χ1v) is 12.3. The number of aryl methyl sites for hydroxylation is 1. The van der Waals surface area contributed by atoms with E-state index in [1.807, 2.05) is 48.9 Å². The molecule has 3 aromatic carbocycles. The summed E-state index contributed by atoms with van der Waals surface area (Å²) in [6.45, 7) is 4.48. The molecule has 0 aliphatic carbocycles. The molecule has 38 heavy (non-hydrogen) atoms. The van der Waals surface area contributed by atoms with Crippen molar-refractivity contribution in [1.29, 1.82) is 0 Å². The Labute approximate surface area is 230 Å². The molecular weight excluding hydrogens is 591 g/mol. The molecule has 0 saturated heterocycles. The number of hydrogen-bond donors (Lipinski definition) is 2. The van der Waals surface area contributed by atoms with Crippen molar-refractivity contribution >= 4 is 51.2 Å². The van der Waals surface area contributed by atoms with Crippen LogP contribution in [0.1, 0.15) is 29.2 Å². The van der Waals surface area contributed by atoms with E-state index >= 15 is 0 Å². The van der Waals surface area contributed by atoms with E-state index in [-0.39, 0.29) is 10.7 Å². The standard InChI is InChI=1S/C26H22BrClF3N3O4/c1-3-37-22-11-17(10-19(27)23(22)38-14-16-6-4-5-15(2)9-16)13-32-34-25(36)24(35)33-21-12-18(26(29,30)31)7-8-20(21)28/h4-13H,3,14H2,1-2H3,(H,33,35)(H,34,36)/b32-13+. The van der Waals surface area contributed by atoms with Crippen molar-refractivity contribution in [2.45, 2.75) is 26.6 Å². The summed E-state index contributed by atoms with van der Waals surface area (Å²) >= 11 is 9.29. The number of amides is 2. The predicted octanol–water partition coefficient (Wildman–Crippen LogP) is 6.50. The quantitative estimate of drug-likeness (QED) is 0.173. The molecule has 0 aliphatic rings. The lowest BCUT2D eigenvalue weighted by Gasteiger charge is -2.15. The van der Waals surface area contributed by atoms with Gasteiger partial charge < -0.3 is 14.8 Å². The van der Waals surface area contributed by atoms with Crippen LogP contribution in [0.2, 0.25) is 5.02 Å². The maximum Gasteiger partial charge on any atom is 0.416 e. The van der Waals surface area contributed by atoms with Crippen LogP contribution in [0.3, 0.4) is 0 Å². The number of benzene rings is 3. The fourth-order valence-corrected chi connectivity index (χ4v) is 3.95. The maximum atomic E-state index is 12.9. The van der Waals surface area contributed by atoms with Crippen LogP contribution in [-0.2, 0) is 22.4 Å². The van der Waals surface area contributed by atoms with Crippen LogP contribution >= 0.6 is 27.5 Å². The molecule has 200 valence electrons. The fraction of sp³-hybridized carbons (Fsp3) is 0.192. The van der Waals surface area contributed by atoms with Crippen LogP contribution in [0.15, 0.2) is 64.2 Å². The van der Waals surface area contributed by atoms with Gasteiger partial charge in [-0.2, -0.15) is 18.3 Å². The average molecular weight is 613 g/mol. The van der Waals surface area contributed by atoms with Gasteiger partial charge in [0.15, 0.2) is 11.5 Å². The molecule has 0 radical (unpaired) electrons. The van der Waals surface area contributed by atoms with Gasteiger partial charge in [-0.1, -0.05) is 41.4 Å². The molecule has 0 aliphatic heterocycles. The van der Waals surface area contributed by atoms with Gasteiger partial charge in [-0.15, -0.1) is 0 Å². The van der Waals surface area contributed by atoms with Gasteiger partial charge in [0.2, 0.25) is 0 Å². The second-order valence-electron chi connectivity index (χ2n) is 7.89. The SMILES string of the molecule is CCOc1cc(/C=N/NC(=O)C(=O)Nc2cc(C(F)(F)F)ccc2Cl)cc(Br)c1OCc1cccc(C)c1. The van der Waals surface area contributed by atoms with Crippen LogP contribution in [-0.4, -0.2) is 24.6 Å². The summed E-state index contributed by atoms with van der Waals surface area (Å²) in [4.78, 5) is 24.2. The van der Waals surface area contributed by atoms with Gasteiger partial charge in [-0.05, 0) is 71.2 Å². The van der Waals surface area contributed by atoms with Crippen LogP contribution in [0, 0.1) is 6.92 Å². The Morgan fingerprint density at radius 3 is 2.53 bits per heavy atom. The first-order valence-electron chi connectivity index (χ1n) is 11.1. The van der Waals surface area contributed by atoms with E-state index in [0.29, 0.717) is 40.8 Å². The van der Waals surface area contributed by atoms with Gasteiger partial charge in [-0.3, -0.25) is 9.59 Å². The molecule has 0 saturated carbocycles. The number of nitrogens with one attached hydrogen (secondary N) is 2. The van der Waals surface area contributed by atoms with E-state index in [1.165, 1.54) is 6.21 Å². The third kappa shape index (κ3) is 7.96. The highest BCUT2D eigenvalue weighted by molar-refractivity contribution is 9.10. The molecule has 2 amide bonds. The second-order valence-corrected chi connectivity index (χ2v) is 9.15. The third-order valence-electron chi connectivity index (χ3n) is 4.93. The Morgan fingerprint density at radius 1 is 1.08 bits per heavy atom. The number of ether oxygens (including phenoxy) is 2. The van der Waals surface area contributed by atoms with E-state index < -0.39 is 23.6 Å². The molecule has 3 rings (SSSR count). The van der Waals surface area contributed by atoms with Crippen molar-refractivity contribution in [2.75, 3.05) is 11.9 Å². The highest BCUT2D eigenvalue weighted by atomic mass is 79.9. The van der Waals surface area contributed by atoms with E-state index in [9.17, 15) is 22.8 Å². The topological polar surface area (TPSA) is 89.0 Å². The summed E-state index contributed by atoms with van der Waals surface area (Å²) < 4.78 is 51.0. The number of hydrogen-bond acceptors (Lipinski definition) is 5. The van der Waals surface area contributed by atoms with Crippen molar-refractivity contribution < 1.29 is 32.2 Å². The Kier molecular flexibility index (Phi) is 9.76. The molecule has 0 fully saturated rings. The first kappa shape index (κ1) is 29.0. The van der Waals surface area contributed by atoms with Crippen LogP contribution in [0.4, 0.5) is 18.9 Å². The van der Waals surface area contributed by atoms with E-state index in [0.717, 1.165) is 23.3 Å². The Balaban J connectivity index is 1.67. The molecule has 0 aromatic heterocycles. The summed E-state index contributed by atoms with van der Waals surface area (Å²) in [5.74, 6) is -1.55. The van der Waals surface area contributed by atoms with Gasteiger partial charge in [-0.25, -0.2) is 5.43 Å². The number of anilines is 1. The Hall–Kier alpha value is -3.57. The highest BCUT2D eigenvalue weighted by Gasteiger charge is 2.31. The smallest absolute Gasteiger partial charge is 0.416 e. The van der Waals surface area contributed by atoms with Crippen molar-refractivity contribution in [2.24, 2.45) is 5.10 Å². The van der Waals surface area contributed by atoms with Crippen molar-refractivity contribution in [3.63, 3.8) is 0 Å². The number of nitrogens with zero attached hydrogens (tertiary/aromatic N) is 1. The molecule has 0 unspecified atom stereocenters. The lowest BCUT2D eigenvalue weighted by atomic mass is 10.1. The van der Waals surface area contributed by atoms with Crippen molar-refractivity contribution in [3.8, 4) is 11.5 Å². The molecule has 0 spiro atoms. The number of hydrazone groups is 1. The Bertz CT molecular complexity index is 1370. The van der Waals surface area contributed by atoms with Crippen molar-refractivity contribution in [1.82, 2.24) is 5.43 Å². The molecule has 0 bridgehead atoms. The van der Waals surface area contributed by atoms with Gasteiger partial charge >= 0.3 is 18.0 Å². The zero-order valence-electron chi connectivity index (χ0n) is 20.2. The largest absolute Gasteiger partial charge is 0.490 e. The average Bonchev–Trinajstić information content (AvgIpc) is 2.84. The normalized spacial score (nSPS) is 11.3. The molecule has 7 nitrogen and oxygen atoms in total. The number of halogens is 5. The van der Waals surface area contributed by atoms with Crippen LogP contribution < -0.4 is 20.2 Å². The van der Waals surface area contributed by atoms with E-state index in [4.69, 9.17) is 21.1 Å². The van der Waals surface area contributed by atoms with Crippen LogP contribution in [0.25, 0.3) is 0 Å². The molecule has 2 N–H and O–H groups in total. The van der Waals surface area contributed by atoms with Crippen LogP contribution in [0.5, 0.6) is 11.5 Å². The number of alkyl halides is 3. The monoisotopic (exact) mass is 611 g/mol. The van der Waals surface area contributed by atoms with Gasteiger partial charge in [0.05, 0.1) is 33.6 Å². The van der Waals surface area contributed by atoms with Gasteiger partial charge in [0.25, 0.3) is 0 Å². The number of rotatable bonds is 8. The minimum atomic E-state index is -4.65. The second kappa shape index (κ2) is 12.8. The predicted molar refractivity (Wildman–Crippen MR) is 142 cm³/mol. The van der Waals surface area contributed by atoms with E-state index in [2.05, 4.69) is 21.0 Å². The lowest BCUT2D eigenvalue weighted by molar-refractivity contribution is -0.137. The Morgan fingerprint density at radius 2 is 1.84 bits per heavy atom. The highest BCUT2D eigenvalue weighted by Crippen LogP contribution is 2.37. The summed E-state index contributed by atoms with van der Waals surface area (Å²) in [7, 11) is 0. The minimum absolute atomic E-state index is 0.166. The molecular formula is C26H22BrClF3N3O4. The van der Waals surface area contributed by atoms with E-state index in [1.54, 1.807) is 12.1 Å². The first-order chi connectivity index (χ1) is 18.0. The molecule has 0 atom stereocenters. The molecule has 12 heteroatoms. The molecule has 0 heterocycles. The number of carbonyl (C=O) groups excluding carboxylic acids is 2. The summed E-state index contributed by atoms with van der Waals surface area (Å²) in [6, 6.07) is 13.6. The lowest BCUT2D eigenvalue weighted by Crippen LogP contribution is -2.32. The zero-order valence-corrected chi connectivity index (χ0v) is 22.5. The maximum absolute atomic E-state index is 12.9. The fourth-order valence-electron chi connectivity index (χ4n) is 3.22.